The molecule has 1 heterocycles. The second-order valence-corrected chi connectivity index (χ2v) is 7.09. The summed E-state index contributed by atoms with van der Waals surface area (Å²) in [5, 5.41) is 4.11. The SMILES string of the molecule is Cn1cc(S(=O)(=O)Nc2ccc(I)cc2Cl)c(N)n1. The molecule has 0 atom stereocenters. The van der Waals surface area contributed by atoms with Gasteiger partial charge in [-0.1, -0.05) is 11.6 Å². The van der Waals surface area contributed by atoms with Crippen LogP contribution in [0, 0.1) is 3.57 Å². The summed E-state index contributed by atoms with van der Waals surface area (Å²) in [7, 11) is -2.21. The number of aromatic nitrogens is 2. The number of nitrogens with two attached hydrogens (primary N) is 1. The molecule has 102 valence electrons. The number of hydrogen-bond donors (Lipinski definition) is 2. The van der Waals surface area contributed by atoms with Crippen molar-refractivity contribution in [2.45, 2.75) is 4.90 Å². The van der Waals surface area contributed by atoms with Gasteiger partial charge in [0.05, 0.1) is 10.7 Å². The van der Waals surface area contributed by atoms with Gasteiger partial charge in [0.15, 0.2) is 5.82 Å². The standard InChI is InChI=1S/C10H10ClIN4O2S/c1-16-5-9(10(13)14-16)19(17,18)15-8-3-2-6(12)4-7(8)11/h2-5,15H,1H3,(H2,13,14). The fraction of sp³-hybridized carbons (Fsp3) is 0.100. The summed E-state index contributed by atoms with van der Waals surface area (Å²) in [4.78, 5) is -0.0791. The zero-order valence-electron chi connectivity index (χ0n) is 9.76. The Balaban J connectivity index is 2.39. The molecule has 2 aromatic rings. The minimum atomic E-state index is -3.80. The van der Waals surface area contributed by atoms with Gasteiger partial charge in [-0.3, -0.25) is 9.40 Å². The molecule has 1 aromatic carbocycles. The lowest BCUT2D eigenvalue weighted by Gasteiger charge is -2.08. The van der Waals surface area contributed by atoms with Gasteiger partial charge in [-0.15, -0.1) is 0 Å². The second kappa shape index (κ2) is 5.17. The summed E-state index contributed by atoms with van der Waals surface area (Å²) in [5.74, 6) is -0.0587. The van der Waals surface area contributed by atoms with E-state index in [-0.39, 0.29) is 10.7 Å². The van der Waals surface area contributed by atoms with E-state index in [2.05, 4.69) is 32.4 Å². The van der Waals surface area contributed by atoms with E-state index in [0.717, 1.165) is 3.57 Å². The summed E-state index contributed by atoms with van der Waals surface area (Å²) < 4.78 is 29.0. The van der Waals surface area contributed by atoms with E-state index >= 15 is 0 Å². The summed E-state index contributed by atoms with van der Waals surface area (Å²) in [6, 6.07) is 5.00. The molecule has 0 spiro atoms. The molecule has 0 unspecified atom stereocenters. The molecule has 0 fully saturated rings. The fourth-order valence-electron chi connectivity index (χ4n) is 1.46. The number of nitrogen functional groups attached to an aromatic ring is 1. The predicted molar refractivity (Wildman–Crippen MR) is 82.6 cm³/mol. The van der Waals surface area contributed by atoms with Crippen molar-refractivity contribution in [3.05, 3.63) is 33.0 Å². The molecule has 0 aliphatic carbocycles. The number of rotatable bonds is 3. The van der Waals surface area contributed by atoms with Crippen LogP contribution in [0.1, 0.15) is 0 Å². The molecule has 0 saturated heterocycles. The highest BCUT2D eigenvalue weighted by atomic mass is 127. The van der Waals surface area contributed by atoms with E-state index in [1.54, 1.807) is 25.2 Å². The van der Waals surface area contributed by atoms with E-state index in [1.165, 1.54) is 10.9 Å². The Morgan fingerprint density at radius 3 is 2.68 bits per heavy atom. The molecule has 9 heteroatoms. The van der Waals surface area contributed by atoms with E-state index in [1.807, 2.05) is 0 Å². The minimum absolute atomic E-state index is 0.0587. The zero-order chi connectivity index (χ0) is 14.2. The monoisotopic (exact) mass is 412 g/mol. The van der Waals surface area contributed by atoms with Crippen molar-refractivity contribution in [3.63, 3.8) is 0 Å². The van der Waals surface area contributed by atoms with Gasteiger partial charge >= 0.3 is 0 Å². The van der Waals surface area contributed by atoms with Crippen LogP contribution in [-0.4, -0.2) is 18.2 Å². The molecule has 0 bridgehead atoms. The summed E-state index contributed by atoms with van der Waals surface area (Å²) in [5.41, 5.74) is 5.85. The molecule has 0 aliphatic rings. The van der Waals surface area contributed by atoms with Gasteiger partial charge in [0.1, 0.15) is 4.90 Å². The third-order valence-electron chi connectivity index (χ3n) is 2.29. The van der Waals surface area contributed by atoms with E-state index in [0.29, 0.717) is 10.7 Å². The van der Waals surface area contributed by atoms with Crippen LogP contribution in [0.4, 0.5) is 11.5 Å². The topological polar surface area (TPSA) is 90.0 Å². The van der Waals surface area contributed by atoms with Crippen LogP contribution in [0.2, 0.25) is 5.02 Å². The van der Waals surface area contributed by atoms with Crippen molar-refractivity contribution in [2.75, 3.05) is 10.5 Å². The number of benzene rings is 1. The van der Waals surface area contributed by atoms with Crippen molar-refractivity contribution in [1.29, 1.82) is 0 Å². The molecular weight excluding hydrogens is 403 g/mol. The minimum Gasteiger partial charge on any atom is -0.381 e. The Labute approximate surface area is 129 Å². The average Bonchev–Trinajstić information content (AvgIpc) is 2.63. The lowest BCUT2D eigenvalue weighted by atomic mass is 10.3. The highest BCUT2D eigenvalue weighted by molar-refractivity contribution is 14.1. The van der Waals surface area contributed by atoms with Gasteiger partial charge < -0.3 is 5.73 Å². The Bertz CT molecular complexity index is 729. The average molecular weight is 413 g/mol. The predicted octanol–water partition coefficient (Wildman–Crippen LogP) is 2.06. The third kappa shape index (κ3) is 3.12. The number of nitrogens with one attached hydrogen (secondary N) is 1. The highest BCUT2D eigenvalue weighted by Gasteiger charge is 2.21. The van der Waals surface area contributed by atoms with E-state index in [9.17, 15) is 8.42 Å². The number of halogens is 2. The van der Waals surface area contributed by atoms with Gasteiger partial charge in [0, 0.05) is 16.8 Å². The maximum atomic E-state index is 12.2. The zero-order valence-corrected chi connectivity index (χ0v) is 13.5. The molecule has 3 N–H and O–H groups in total. The smallest absolute Gasteiger partial charge is 0.267 e. The Kier molecular flexibility index (Phi) is 3.92. The highest BCUT2D eigenvalue weighted by Crippen LogP contribution is 2.27. The Morgan fingerprint density at radius 2 is 2.16 bits per heavy atom. The summed E-state index contributed by atoms with van der Waals surface area (Å²) in [6.07, 6.45) is 1.33. The molecular formula is C10H10ClIN4O2S. The van der Waals surface area contributed by atoms with Crippen molar-refractivity contribution < 1.29 is 8.42 Å². The molecule has 2 rings (SSSR count). The van der Waals surface area contributed by atoms with Crippen molar-refractivity contribution in [2.24, 2.45) is 7.05 Å². The number of anilines is 2. The van der Waals surface area contributed by atoms with Crippen molar-refractivity contribution in [3.8, 4) is 0 Å². The number of nitrogens with zero attached hydrogens (tertiary/aromatic N) is 2. The number of sulfonamides is 1. The number of hydrogen-bond acceptors (Lipinski definition) is 4. The molecule has 19 heavy (non-hydrogen) atoms. The molecule has 0 saturated carbocycles. The Morgan fingerprint density at radius 1 is 1.47 bits per heavy atom. The fourth-order valence-corrected chi connectivity index (χ4v) is 3.61. The first-order chi connectivity index (χ1) is 8.79. The third-order valence-corrected chi connectivity index (χ3v) is 4.65. The van der Waals surface area contributed by atoms with Crippen LogP contribution in [0.15, 0.2) is 29.3 Å². The molecule has 0 aliphatic heterocycles. The maximum absolute atomic E-state index is 12.2. The van der Waals surface area contributed by atoms with E-state index in [4.69, 9.17) is 17.3 Å². The summed E-state index contributed by atoms with van der Waals surface area (Å²) in [6.45, 7) is 0. The lowest BCUT2D eigenvalue weighted by Crippen LogP contribution is -2.14. The van der Waals surface area contributed by atoms with Gasteiger partial charge in [-0.2, -0.15) is 5.10 Å². The molecule has 0 amide bonds. The van der Waals surface area contributed by atoms with Gasteiger partial charge in [0.25, 0.3) is 10.0 Å². The van der Waals surface area contributed by atoms with Crippen molar-refractivity contribution in [1.82, 2.24) is 9.78 Å². The summed E-state index contributed by atoms with van der Waals surface area (Å²) >= 11 is 8.07. The Hall–Kier alpha value is -1.00. The van der Waals surface area contributed by atoms with Crippen LogP contribution in [0.25, 0.3) is 0 Å². The van der Waals surface area contributed by atoms with Gasteiger partial charge in [0.2, 0.25) is 0 Å². The number of aryl methyl sites for hydroxylation is 1. The quantitative estimate of drug-likeness (QED) is 0.755. The van der Waals surface area contributed by atoms with Crippen LogP contribution in [0.3, 0.4) is 0 Å². The van der Waals surface area contributed by atoms with E-state index < -0.39 is 10.0 Å². The first-order valence-corrected chi connectivity index (χ1v) is 8.00. The largest absolute Gasteiger partial charge is 0.381 e. The van der Waals surface area contributed by atoms with Crippen LogP contribution < -0.4 is 10.5 Å². The van der Waals surface area contributed by atoms with Crippen molar-refractivity contribution >= 4 is 55.7 Å². The van der Waals surface area contributed by atoms with Crippen LogP contribution >= 0.6 is 34.2 Å². The molecule has 6 nitrogen and oxygen atoms in total. The molecule has 0 radical (unpaired) electrons. The van der Waals surface area contributed by atoms with Gasteiger partial charge in [-0.05, 0) is 40.8 Å². The maximum Gasteiger partial charge on any atom is 0.267 e. The first kappa shape index (κ1) is 14.4. The molecule has 1 aromatic heterocycles. The second-order valence-electron chi connectivity index (χ2n) is 3.78. The van der Waals surface area contributed by atoms with Gasteiger partial charge in [-0.25, -0.2) is 8.42 Å². The van der Waals surface area contributed by atoms with Crippen LogP contribution in [0.5, 0.6) is 0 Å². The normalized spacial score (nSPS) is 11.5. The first-order valence-electron chi connectivity index (χ1n) is 5.06. The van der Waals surface area contributed by atoms with Crippen LogP contribution in [-0.2, 0) is 17.1 Å². The lowest BCUT2D eigenvalue weighted by molar-refractivity contribution is 0.601.